The molecular formula is C38H53NO2. The number of hydrogen-bond acceptors (Lipinski definition) is 3. The number of phenols is 1. The summed E-state index contributed by atoms with van der Waals surface area (Å²) in [7, 11) is 0. The van der Waals surface area contributed by atoms with Crippen LogP contribution in [0.25, 0.3) is 0 Å². The molecule has 3 rings (SSSR count). The van der Waals surface area contributed by atoms with Gasteiger partial charge in [-0.05, 0) is 90.0 Å². The number of ketones is 1. The highest BCUT2D eigenvalue weighted by Gasteiger charge is 2.21. The monoisotopic (exact) mass is 555 g/mol. The van der Waals surface area contributed by atoms with Crippen molar-refractivity contribution in [3.05, 3.63) is 89.0 Å². The average molecular weight is 556 g/mol. The lowest BCUT2D eigenvalue weighted by Crippen LogP contribution is -2.13. The molecule has 0 fully saturated rings. The first-order valence-electron chi connectivity index (χ1n) is 15.8. The van der Waals surface area contributed by atoms with Gasteiger partial charge in [0.25, 0.3) is 0 Å². The van der Waals surface area contributed by atoms with Crippen molar-refractivity contribution in [1.29, 1.82) is 0 Å². The van der Waals surface area contributed by atoms with Crippen molar-refractivity contribution in [3.63, 3.8) is 0 Å². The summed E-state index contributed by atoms with van der Waals surface area (Å²) < 4.78 is 0. The molecule has 41 heavy (non-hydrogen) atoms. The smallest absolute Gasteiger partial charge is 0.133 e. The molecule has 0 spiro atoms. The normalized spacial score (nSPS) is 13.1. The van der Waals surface area contributed by atoms with E-state index >= 15 is 0 Å². The molecule has 3 heteroatoms. The SMILES string of the molecule is CCCCCCC(C)CC(CCC(=O)CCc1cc(C)c(O)c(C(C)(C)C)c1)c1ccc(Nc2ccccc2)cc1. The second-order valence-corrected chi connectivity index (χ2v) is 13.1. The highest BCUT2D eigenvalue weighted by atomic mass is 16.3. The molecule has 3 nitrogen and oxygen atoms in total. The van der Waals surface area contributed by atoms with Gasteiger partial charge in [-0.15, -0.1) is 0 Å². The number of aromatic hydroxyl groups is 1. The third kappa shape index (κ3) is 10.7. The molecule has 0 heterocycles. The molecule has 222 valence electrons. The minimum absolute atomic E-state index is 0.137. The van der Waals surface area contributed by atoms with Gasteiger partial charge in [0.2, 0.25) is 0 Å². The summed E-state index contributed by atoms with van der Waals surface area (Å²) in [6.07, 6.45) is 10.4. The predicted octanol–water partition coefficient (Wildman–Crippen LogP) is 10.8. The summed E-state index contributed by atoms with van der Waals surface area (Å²) in [4.78, 5) is 13.1. The lowest BCUT2D eigenvalue weighted by Gasteiger charge is -2.23. The standard InChI is InChI=1S/C38H53NO2/c1-7-8-9-11-14-28(2)25-32(31-18-21-34(22-19-31)39-33-15-12-10-13-16-33)20-24-35(40)23-17-30-26-29(3)37(41)36(27-30)38(4,5)6/h10,12-13,15-16,18-19,21-22,26-28,32,39,41H,7-9,11,14,17,20,23-25H2,1-6H3. The lowest BCUT2D eigenvalue weighted by atomic mass is 9.83. The number of benzene rings is 3. The molecule has 0 aliphatic carbocycles. The van der Waals surface area contributed by atoms with Crippen LogP contribution in [-0.4, -0.2) is 10.9 Å². The number of para-hydroxylation sites is 1. The molecule has 0 bridgehead atoms. The first kappa shape index (κ1) is 32.4. The molecule has 0 aliphatic heterocycles. The van der Waals surface area contributed by atoms with E-state index in [0.29, 0.717) is 36.2 Å². The Labute approximate surface area is 249 Å². The Morgan fingerprint density at radius 2 is 1.56 bits per heavy atom. The Balaban J connectivity index is 1.63. The summed E-state index contributed by atoms with van der Waals surface area (Å²) in [5.41, 5.74) is 6.35. The summed E-state index contributed by atoms with van der Waals surface area (Å²) in [6, 6.07) is 23.2. The van der Waals surface area contributed by atoms with Gasteiger partial charge in [-0.1, -0.05) is 109 Å². The number of anilines is 2. The van der Waals surface area contributed by atoms with E-state index in [0.717, 1.165) is 47.3 Å². The van der Waals surface area contributed by atoms with Crippen LogP contribution >= 0.6 is 0 Å². The van der Waals surface area contributed by atoms with Crippen molar-refractivity contribution in [2.45, 2.75) is 117 Å². The minimum Gasteiger partial charge on any atom is -0.507 e. The van der Waals surface area contributed by atoms with E-state index in [2.05, 4.69) is 82.4 Å². The summed E-state index contributed by atoms with van der Waals surface area (Å²) in [6.45, 7) is 12.9. The van der Waals surface area contributed by atoms with Crippen LogP contribution in [0.1, 0.15) is 121 Å². The molecule has 0 saturated carbocycles. The van der Waals surface area contributed by atoms with Gasteiger partial charge < -0.3 is 10.4 Å². The van der Waals surface area contributed by atoms with Gasteiger partial charge in [-0.2, -0.15) is 0 Å². The molecule has 2 unspecified atom stereocenters. The van der Waals surface area contributed by atoms with Gasteiger partial charge in [0.15, 0.2) is 0 Å². The predicted molar refractivity (Wildman–Crippen MR) is 176 cm³/mol. The van der Waals surface area contributed by atoms with Gasteiger partial charge in [0.1, 0.15) is 11.5 Å². The molecule has 0 radical (unpaired) electrons. The van der Waals surface area contributed by atoms with Crippen LogP contribution in [-0.2, 0) is 16.6 Å². The van der Waals surface area contributed by atoms with Gasteiger partial charge in [-0.25, -0.2) is 0 Å². The summed E-state index contributed by atoms with van der Waals surface area (Å²) in [5.74, 6) is 1.74. The molecule has 0 amide bonds. The molecule has 3 aromatic rings. The summed E-state index contributed by atoms with van der Waals surface area (Å²) >= 11 is 0. The third-order valence-electron chi connectivity index (χ3n) is 8.31. The molecule has 2 N–H and O–H groups in total. The Morgan fingerprint density at radius 1 is 0.878 bits per heavy atom. The fourth-order valence-corrected chi connectivity index (χ4v) is 5.78. The lowest BCUT2D eigenvalue weighted by molar-refractivity contribution is -0.119. The van der Waals surface area contributed by atoms with Crippen molar-refractivity contribution >= 4 is 17.2 Å². The topological polar surface area (TPSA) is 49.3 Å². The maximum Gasteiger partial charge on any atom is 0.133 e. The van der Waals surface area contributed by atoms with Crippen molar-refractivity contribution in [1.82, 2.24) is 0 Å². The van der Waals surface area contributed by atoms with E-state index in [9.17, 15) is 9.90 Å². The number of nitrogens with one attached hydrogen (secondary N) is 1. The van der Waals surface area contributed by atoms with Crippen LogP contribution < -0.4 is 5.32 Å². The number of Topliss-reactive ketones (excluding diaryl/α,β-unsaturated/α-hetero) is 1. The number of aryl methyl sites for hydroxylation is 2. The molecule has 0 saturated heterocycles. The summed E-state index contributed by atoms with van der Waals surface area (Å²) in [5, 5.41) is 14.0. The van der Waals surface area contributed by atoms with Crippen molar-refractivity contribution < 1.29 is 9.90 Å². The zero-order valence-corrected chi connectivity index (χ0v) is 26.4. The van der Waals surface area contributed by atoms with Crippen LogP contribution in [0.5, 0.6) is 5.75 Å². The number of unbranched alkanes of at least 4 members (excludes halogenated alkanes) is 3. The zero-order chi connectivity index (χ0) is 29.8. The molecular weight excluding hydrogens is 502 g/mol. The molecule has 0 aliphatic rings. The van der Waals surface area contributed by atoms with Gasteiger partial charge >= 0.3 is 0 Å². The Hall–Kier alpha value is -3.07. The Morgan fingerprint density at radius 3 is 2.22 bits per heavy atom. The number of carbonyl (C=O) groups is 1. The van der Waals surface area contributed by atoms with Crippen LogP contribution in [0.2, 0.25) is 0 Å². The van der Waals surface area contributed by atoms with Crippen LogP contribution in [0.3, 0.4) is 0 Å². The van der Waals surface area contributed by atoms with Gasteiger partial charge in [0.05, 0.1) is 0 Å². The maximum absolute atomic E-state index is 13.1. The number of carbonyl (C=O) groups excluding carboxylic acids is 1. The van der Waals surface area contributed by atoms with E-state index in [1.165, 1.54) is 37.7 Å². The van der Waals surface area contributed by atoms with Crippen molar-refractivity contribution in [2.75, 3.05) is 5.32 Å². The van der Waals surface area contributed by atoms with E-state index < -0.39 is 0 Å². The van der Waals surface area contributed by atoms with Crippen LogP contribution in [0, 0.1) is 12.8 Å². The largest absolute Gasteiger partial charge is 0.507 e. The molecule has 3 aromatic carbocycles. The van der Waals surface area contributed by atoms with Gasteiger partial charge in [-0.3, -0.25) is 4.79 Å². The number of rotatable bonds is 16. The minimum atomic E-state index is -0.137. The zero-order valence-electron chi connectivity index (χ0n) is 26.4. The fourth-order valence-electron chi connectivity index (χ4n) is 5.78. The second kappa shape index (κ2) is 15.8. The van der Waals surface area contributed by atoms with Crippen molar-refractivity contribution in [3.8, 4) is 5.75 Å². The number of phenolic OH excluding ortho intramolecular Hbond substituents is 1. The highest BCUT2D eigenvalue weighted by Crippen LogP contribution is 2.35. The maximum atomic E-state index is 13.1. The second-order valence-electron chi connectivity index (χ2n) is 13.1. The van der Waals surface area contributed by atoms with Crippen molar-refractivity contribution in [2.24, 2.45) is 5.92 Å². The van der Waals surface area contributed by atoms with Crippen LogP contribution in [0.4, 0.5) is 11.4 Å². The molecule has 0 aromatic heterocycles. The average Bonchev–Trinajstić information content (AvgIpc) is 2.94. The van der Waals surface area contributed by atoms with E-state index in [1.54, 1.807) is 0 Å². The van der Waals surface area contributed by atoms with E-state index in [4.69, 9.17) is 0 Å². The Kier molecular flexibility index (Phi) is 12.5. The highest BCUT2D eigenvalue weighted by molar-refractivity contribution is 5.78. The first-order valence-corrected chi connectivity index (χ1v) is 15.8. The molecule has 2 atom stereocenters. The van der Waals surface area contributed by atoms with E-state index in [1.807, 2.05) is 31.2 Å². The third-order valence-corrected chi connectivity index (χ3v) is 8.31. The number of hydrogen-bond donors (Lipinski definition) is 2. The van der Waals surface area contributed by atoms with Gasteiger partial charge in [0, 0.05) is 24.2 Å². The quantitative estimate of drug-likeness (QED) is 0.173. The van der Waals surface area contributed by atoms with Crippen LogP contribution in [0.15, 0.2) is 66.7 Å². The van der Waals surface area contributed by atoms with E-state index in [-0.39, 0.29) is 5.41 Å². The Bertz CT molecular complexity index is 1210. The first-order chi connectivity index (χ1) is 19.6. The fraction of sp³-hybridized carbons (Fsp3) is 0.500.